The maximum absolute atomic E-state index is 12.7. The van der Waals surface area contributed by atoms with E-state index in [9.17, 15) is 18.0 Å². The molecule has 2 N–H and O–H groups in total. The van der Waals surface area contributed by atoms with Crippen molar-refractivity contribution in [2.75, 3.05) is 12.8 Å². The van der Waals surface area contributed by atoms with Crippen LogP contribution in [0.2, 0.25) is 0 Å². The van der Waals surface area contributed by atoms with Gasteiger partial charge in [0, 0.05) is 24.9 Å². The van der Waals surface area contributed by atoms with Crippen molar-refractivity contribution in [2.24, 2.45) is 0 Å². The molecular formula is C20H20N2O5S2. The average Bonchev–Trinajstić information content (AvgIpc) is 3.22. The second-order valence-corrected chi connectivity index (χ2v) is 10.5. The van der Waals surface area contributed by atoms with E-state index in [1.807, 2.05) is 36.4 Å². The molecule has 1 aliphatic rings. The van der Waals surface area contributed by atoms with Crippen molar-refractivity contribution in [1.82, 2.24) is 10.4 Å². The summed E-state index contributed by atoms with van der Waals surface area (Å²) in [7, 11) is -3.81. The van der Waals surface area contributed by atoms with Gasteiger partial charge in [0.25, 0.3) is 11.8 Å². The van der Waals surface area contributed by atoms with Crippen LogP contribution in [0.3, 0.4) is 0 Å². The molecule has 1 aromatic heterocycles. The van der Waals surface area contributed by atoms with Gasteiger partial charge in [-0.05, 0) is 37.1 Å². The van der Waals surface area contributed by atoms with E-state index in [0.717, 1.165) is 22.3 Å². The molecule has 0 aliphatic carbocycles. The van der Waals surface area contributed by atoms with Crippen molar-refractivity contribution < 1.29 is 23.2 Å². The molecule has 29 heavy (non-hydrogen) atoms. The lowest BCUT2D eigenvalue weighted by molar-refractivity contribution is -0.131. The third kappa shape index (κ3) is 4.19. The van der Waals surface area contributed by atoms with Gasteiger partial charge >= 0.3 is 0 Å². The van der Waals surface area contributed by atoms with Crippen molar-refractivity contribution in [2.45, 2.75) is 24.6 Å². The predicted octanol–water partition coefficient (Wildman–Crippen LogP) is 1.80. The first-order valence-corrected chi connectivity index (χ1v) is 11.5. The number of nitrogens with zero attached hydrogens (tertiary/aromatic N) is 1. The monoisotopic (exact) mass is 432 g/mol. The Kier molecular flexibility index (Phi) is 5.80. The van der Waals surface area contributed by atoms with Gasteiger partial charge in [0.15, 0.2) is 14.6 Å². The fourth-order valence-electron chi connectivity index (χ4n) is 2.98. The molecule has 9 heteroatoms. The van der Waals surface area contributed by atoms with Gasteiger partial charge in [-0.3, -0.25) is 14.8 Å². The summed E-state index contributed by atoms with van der Waals surface area (Å²) in [5, 5.41) is 8.89. The summed E-state index contributed by atoms with van der Waals surface area (Å²) in [6, 6.07) is 11.4. The number of hydroxylamine groups is 1. The minimum atomic E-state index is -3.81. The Hall–Kier alpha value is -2.67. The summed E-state index contributed by atoms with van der Waals surface area (Å²) in [6.45, 7) is 1.64. The van der Waals surface area contributed by atoms with Crippen LogP contribution < -0.4 is 5.48 Å². The molecule has 0 saturated heterocycles. The minimum Gasteiger partial charge on any atom is -0.333 e. The summed E-state index contributed by atoms with van der Waals surface area (Å²) < 4.78 is 22.3. The van der Waals surface area contributed by atoms with E-state index in [1.165, 1.54) is 28.6 Å². The van der Waals surface area contributed by atoms with Crippen LogP contribution in [0.4, 0.5) is 0 Å². The zero-order chi connectivity index (χ0) is 21.2. The van der Waals surface area contributed by atoms with Crippen LogP contribution in [0.15, 0.2) is 36.4 Å². The zero-order valence-electron chi connectivity index (χ0n) is 15.9. The second kappa shape index (κ2) is 7.99. The van der Waals surface area contributed by atoms with Gasteiger partial charge in [0.2, 0.25) is 0 Å². The van der Waals surface area contributed by atoms with Crippen LogP contribution >= 0.6 is 11.3 Å². The molecule has 7 nitrogen and oxygen atoms in total. The minimum absolute atomic E-state index is 0.0717. The highest BCUT2D eigenvalue weighted by atomic mass is 32.2. The van der Waals surface area contributed by atoms with E-state index < -0.39 is 20.5 Å². The van der Waals surface area contributed by atoms with E-state index in [0.29, 0.717) is 11.4 Å². The number of hydrogen-bond donors (Lipinski definition) is 2. The summed E-state index contributed by atoms with van der Waals surface area (Å²) in [5.41, 5.74) is 3.13. The topological polar surface area (TPSA) is 104 Å². The fourth-order valence-corrected chi connectivity index (χ4v) is 4.82. The van der Waals surface area contributed by atoms with Gasteiger partial charge < -0.3 is 4.90 Å². The molecule has 2 aromatic rings. The van der Waals surface area contributed by atoms with Gasteiger partial charge in [0.1, 0.15) is 0 Å². The maximum atomic E-state index is 12.7. The third-order valence-corrected chi connectivity index (χ3v) is 8.12. The maximum Gasteiger partial charge on any atom is 0.264 e. The van der Waals surface area contributed by atoms with Crippen molar-refractivity contribution in [1.29, 1.82) is 0 Å². The number of rotatable bonds is 5. The highest BCUT2D eigenvalue weighted by Crippen LogP contribution is 2.32. The summed E-state index contributed by atoms with van der Waals surface area (Å²) in [6.07, 6.45) is 0.808. The SMILES string of the molecule is CC(CCN1Cc2cc(C#Cc3ccccc3)sc2C1=O)(C(=O)NO)S(C)(=O)=O. The molecule has 1 aromatic carbocycles. The Morgan fingerprint density at radius 3 is 2.59 bits per heavy atom. The molecule has 2 amide bonds. The van der Waals surface area contributed by atoms with E-state index in [2.05, 4.69) is 11.8 Å². The quantitative estimate of drug-likeness (QED) is 0.426. The van der Waals surface area contributed by atoms with Crippen LogP contribution in [0.1, 0.15) is 39.0 Å². The molecule has 1 atom stereocenters. The van der Waals surface area contributed by atoms with E-state index >= 15 is 0 Å². The Morgan fingerprint density at radius 1 is 1.31 bits per heavy atom. The van der Waals surface area contributed by atoms with Crippen LogP contribution in [0.5, 0.6) is 0 Å². The summed E-state index contributed by atoms with van der Waals surface area (Å²) in [5.74, 6) is 4.90. The lowest BCUT2D eigenvalue weighted by Gasteiger charge is -2.27. The molecule has 3 rings (SSSR count). The highest BCUT2D eigenvalue weighted by Gasteiger charge is 2.44. The number of fused-ring (bicyclic) bond motifs is 1. The zero-order valence-corrected chi connectivity index (χ0v) is 17.6. The van der Waals surface area contributed by atoms with Gasteiger partial charge in [-0.1, -0.05) is 30.0 Å². The first kappa shape index (κ1) is 21.0. The highest BCUT2D eigenvalue weighted by molar-refractivity contribution is 7.92. The van der Waals surface area contributed by atoms with Crippen molar-refractivity contribution >= 4 is 33.0 Å². The van der Waals surface area contributed by atoms with E-state index in [-0.39, 0.29) is 18.9 Å². The van der Waals surface area contributed by atoms with E-state index in [1.54, 1.807) is 0 Å². The van der Waals surface area contributed by atoms with Gasteiger partial charge in [0.05, 0.1) is 9.75 Å². The summed E-state index contributed by atoms with van der Waals surface area (Å²) >= 11 is 1.30. The molecular weight excluding hydrogens is 412 g/mol. The molecule has 1 aliphatic heterocycles. The Bertz CT molecular complexity index is 1110. The predicted molar refractivity (Wildman–Crippen MR) is 109 cm³/mol. The third-order valence-electron chi connectivity index (χ3n) is 5.01. The number of nitrogens with one attached hydrogen (secondary N) is 1. The molecule has 0 bridgehead atoms. The Morgan fingerprint density at radius 2 is 2.00 bits per heavy atom. The molecule has 152 valence electrons. The number of hydrogen-bond acceptors (Lipinski definition) is 6. The molecule has 0 spiro atoms. The lowest BCUT2D eigenvalue weighted by Crippen LogP contribution is -2.50. The normalized spacial score (nSPS) is 15.3. The van der Waals surface area contributed by atoms with Gasteiger partial charge in [-0.25, -0.2) is 13.9 Å². The number of amides is 2. The van der Waals surface area contributed by atoms with Gasteiger partial charge in [-0.15, -0.1) is 11.3 Å². The summed E-state index contributed by atoms with van der Waals surface area (Å²) in [4.78, 5) is 27.5. The van der Waals surface area contributed by atoms with Crippen LogP contribution in [-0.4, -0.2) is 47.9 Å². The van der Waals surface area contributed by atoms with E-state index in [4.69, 9.17) is 5.21 Å². The number of thiophene rings is 1. The van der Waals surface area contributed by atoms with Crippen LogP contribution in [0, 0.1) is 11.8 Å². The van der Waals surface area contributed by atoms with Crippen LogP contribution in [0.25, 0.3) is 0 Å². The molecule has 0 fully saturated rings. The molecule has 2 heterocycles. The Labute approximate surface area is 173 Å². The van der Waals surface area contributed by atoms with Crippen molar-refractivity contribution in [3.8, 4) is 11.8 Å². The smallest absolute Gasteiger partial charge is 0.264 e. The van der Waals surface area contributed by atoms with Crippen molar-refractivity contribution in [3.63, 3.8) is 0 Å². The van der Waals surface area contributed by atoms with Crippen molar-refractivity contribution in [3.05, 3.63) is 57.3 Å². The number of carbonyl (C=O) groups excluding carboxylic acids is 2. The number of sulfone groups is 1. The number of benzene rings is 1. The molecule has 1 unspecified atom stereocenters. The van der Waals surface area contributed by atoms with Gasteiger partial charge in [-0.2, -0.15) is 0 Å². The first-order chi connectivity index (χ1) is 13.7. The first-order valence-electron chi connectivity index (χ1n) is 8.79. The molecule has 0 saturated carbocycles. The fraction of sp³-hybridized carbons (Fsp3) is 0.300. The largest absolute Gasteiger partial charge is 0.333 e. The molecule has 0 radical (unpaired) electrons. The van der Waals surface area contributed by atoms with Crippen LogP contribution in [-0.2, 0) is 21.2 Å². The second-order valence-electron chi connectivity index (χ2n) is 7.00. The average molecular weight is 433 g/mol. The Balaban J connectivity index is 1.71. The standard InChI is InChI=1S/C20H20N2O5S2/c1-20(19(24)21-25,29(2,26)27)10-11-22-13-15-12-16(28-17(15)18(22)23)9-8-14-6-4-3-5-7-14/h3-7,12,25H,10-11,13H2,1-2H3,(H,21,24). The number of carbonyl (C=O) groups is 2. The lowest BCUT2D eigenvalue weighted by atomic mass is 10.1.